The van der Waals surface area contributed by atoms with E-state index in [9.17, 15) is 9.90 Å². The lowest BCUT2D eigenvalue weighted by Gasteiger charge is -2.39. The standard InChI is InChI=1S/C13H22N2O2S/c1-7(2)11(12(14)18)13(17)15-8-3-4-9(15)6-10(16)5-8/h7-11,16H,3-6H2,1-2H3,(H2,14,18). The van der Waals surface area contributed by atoms with Crippen LogP contribution in [0.25, 0.3) is 0 Å². The Kier molecular flexibility index (Phi) is 3.92. The van der Waals surface area contributed by atoms with Gasteiger partial charge in [0.1, 0.15) is 0 Å². The molecule has 3 unspecified atom stereocenters. The molecule has 0 radical (unpaired) electrons. The Hall–Kier alpha value is -0.680. The average molecular weight is 270 g/mol. The van der Waals surface area contributed by atoms with E-state index in [-0.39, 0.29) is 35.9 Å². The Bertz CT molecular complexity index is 345. The zero-order valence-electron chi connectivity index (χ0n) is 11.0. The lowest BCUT2D eigenvalue weighted by molar-refractivity contribution is -0.140. The van der Waals surface area contributed by atoms with Crippen LogP contribution in [0, 0.1) is 11.8 Å². The summed E-state index contributed by atoms with van der Waals surface area (Å²) < 4.78 is 0. The minimum absolute atomic E-state index is 0.0666. The van der Waals surface area contributed by atoms with Gasteiger partial charge in [-0.25, -0.2) is 0 Å². The summed E-state index contributed by atoms with van der Waals surface area (Å²) in [6.07, 6.45) is 3.13. The number of hydrogen-bond donors (Lipinski definition) is 2. The number of nitrogens with zero attached hydrogens (tertiary/aromatic N) is 1. The van der Waals surface area contributed by atoms with Crippen molar-refractivity contribution in [2.75, 3.05) is 0 Å². The fourth-order valence-electron chi connectivity index (χ4n) is 3.40. The van der Waals surface area contributed by atoms with Crippen molar-refractivity contribution in [1.82, 2.24) is 4.90 Å². The average Bonchev–Trinajstić information content (AvgIpc) is 2.50. The van der Waals surface area contributed by atoms with Crippen LogP contribution in [0.4, 0.5) is 0 Å². The second kappa shape index (κ2) is 5.13. The van der Waals surface area contributed by atoms with Crippen molar-refractivity contribution in [3.05, 3.63) is 0 Å². The van der Waals surface area contributed by atoms with Gasteiger partial charge in [0.15, 0.2) is 0 Å². The molecule has 102 valence electrons. The first-order chi connectivity index (χ1) is 8.41. The largest absolute Gasteiger partial charge is 0.393 e. The van der Waals surface area contributed by atoms with Crippen LogP contribution >= 0.6 is 12.2 Å². The summed E-state index contributed by atoms with van der Waals surface area (Å²) >= 11 is 5.04. The lowest BCUT2D eigenvalue weighted by atomic mass is 9.91. The summed E-state index contributed by atoms with van der Waals surface area (Å²) in [5.41, 5.74) is 5.72. The molecule has 2 saturated heterocycles. The molecular weight excluding hydrogens is 248 g/mol. The van der Waals surface area contributed by atoms with Crippen molar-refractivity contribution in [3.8, 4) is 0 Å². The van der Waals surface area contributed by atoms with Crippen molar-refractivity contribution >= 4 is 23.1 Å². The van der Waals surface area contributed by atoms with Gasteiger partial charge in [0.25, 0.3) is 0 Å². The molecule has 2 aliphatic rings. The Morgan fingerprint density at radius 3 is 2.22 bits per heavy atom. The molecule has 5 heteroatoms. The molecule has 2 rings (SSSR count). The highest BCUT2D eigenvalue weighted by molar-refractivity contribution is 7.80. The van der Waals surface area contributed by atoms with E-state index in [0.29, 0.717) is 17.8 Å². The van der Waals surface area contributed by atoms with Gasteiger partial charge >= 0.3 is 0 Å². The van der Waals surface area contributed by atoms with Gasteiger partial charge in [0, 0.05) is 12.1 Å². The van der Waals surface area contributed by atoms with Gasteiger partial charge in [-0.15, -0.1) is 0 Å². The molecule has 1 amide bonds. The van der Waals surface area contributed by atoms with E-state index in [1.54, 1.807) is 0 Å². The number of hydrogen-bond acceptors (Lipinski definition) is 3. The Morgan fingerprint density at radius 1 is 1.33 bits per heavy atom. The number of carbonyl (C=O) groups excluding carboxylic acids is 1. The highest BCUT2D eigenvalue weighted by Crippen LogP contribution is 2.37. The van der Waals surface area contributed by atoms with Crippen LogP contribution in [-0.2, 0) is 4.79 Å². The van der Waals surface area contributed by atoms with E-state index in [1.807, 2.05) is 18.7 Å². The van der Waals surface area contributed by atoms with Crippen molar-refractivity contribution in [2.45, 2.75) is 57.7 Å². The van der Waals surface area contributed by atoms with E-state index < -0.39 is 0 Å². The molecule has 0 aromatic heterocycles. The van der Waals surface area contributed by atoms with Gasteiger partial charge in [-0.2, -0.15) is 0 Å². The number of fused-ring (bicyclic) bond motifs is 2. The number of nitrogens with two attached hydrogens (primary N) is 1. The predicted molar refractivity (Wildman–Crippen MR) is 74.0 cm³/mol. The lowest BCUT2D eigenvalue weighted by Crippen LogP contribution is -2.52. The smallest absolute Gasteiger partial charge is 0.233 e. The van der Waals surface area contributed by atoms with E-state index in [2.05, 4.69) is 0 Å². The molecule has 2 aliphatic heterocycles. The third kappa shape index (κ3) is 2.38. The number of carbonyl (C=O) groups is 1. The summed E-state index contributed by atoms with van der Waals surface area (Å²) in [5, 5.41) is 9.76. The first-order valence-electron chi connectivity index (χ1n) is 6.71. The number of piperidine rings is 1. The third-order valence-electron chi connectivity index (χ3n) is 4.20. The molecule has 0 aliphatic carbocycles. The molecule has 4 nitrogen and oxygen atoms in total. The topological polar surface area (TPSA) is 66.6 Å². The minimum atomic E-state index is -0.363. The SMILES string of the molecule is CC(C)C(C(=O)N1C2CCC1CC(O)C2)C(N)=S. The summed E-state index contributed by atoms with van der Waals surface area (Å²) in [7, 11) is 0. The van der Waals surface area contributed by atoms with E-state index in [4.69, 9.17) is 18.0 Å². The van der Waals surface area contributed by atoms with Crippen LogP contribution in [0.15, 0.2) is 0 Å². The third-order valence-corrected chi connectivity index (χ3v) is 4.46. The summed E-state index contributed by atoms with van der Waals surface area (Å²) in [4.78, 5) is 14.9. The van der Waals surface area contributed by atoms with Crippen molar-refractivity contribution in [1.29, 1.82) is 0 Å². The van der Waals surface area contributed by atoms with E-state index in [1.165, 1.54) is 0 Å². The summed E-state index contributed by atoms with van der Waals surface area (Å²) in [6, 6.07) is 0.365. The number of rotatable bonds is 3. The van der Waals surface area contributed by atoms with Gasteiger partial charge in [-0.05, 0) is 31.6 Å². The second-order valence-electron chi connectivity index (χ2n) is 5.88. The Balaban J connectivity index is 2.16. The van der Waals surface area contributed by atoms with Gasteiger partial charge in [0.05, 0.1) is 17.0 Å². The normalized spacial score (nSPS) is 32.7. The monoisotopic (exact) mass is 270 g/mol. The minimum Gasteiger partial charge on any atom is -0.393 e. The molecule has 2 bridgehead atoms. The van der Waals surface area contributed by atoms with E-state index in [0.717, 1.165) is 12.8 Å². The Labute approximate surface area is 114 Å². The zero-order chi connectivity index (χ0) is 13.4. The zero-order valence-corrected chi connectivity index (χ0v) is 11.8. The van der Waals surface area contributed by atoms with E-state index >= 15 is 0 Å². The first-order valence-corrected chi connectivity index (χ1v) is 7.12. The fraction of sp³-hybridized carbons (Fsp3) is 0.846. The van der Waals surface area contributed by atoms with Crippen LogP contribution in [0.3, 0.4) is 0 Å². The van der Waals surface area contributed by atoms with Gasteiger partial charge in [-0.3, -0.25) is 4.79 Å². The highest BCUT2D eigenvalue weighted by Gasteiger charge is 2.45. The molecule has 2 fully saturated rings. The number of thiocarbonyl (C=S) groups is 1. The Morgan fingerprint density at radius 2 is 1.83 bits per heavy atom. The van der Waals surface area contributed by atoms with Crippen LogP contribution in [0.2, 0.25) is 0 Å². The fourth-order valence-corrected chi connectivity index (χ4v) is 3.78. The van der Waals surface area contributed by atoms with Gasteiger partial charge in [0.2, 0.25) is 5.91 Å². The van der Waals surface area contributed by atoms with Gasteiger partial charge < -0.3 is 15.7 Å². The molecule has 0 aromatic rings. The molecule has 0 aromatic carbocycles. The highest BCUT2D eigenvalue weighted by atomic mass is 32.1. The first kappa shape index (κ1) is 13.7. The van der Waals surface area contributed by atoms with Crippen molar-refractivity contribution < 1.29 is 9.90 Å². The van der Waals surface area contributed by atoms with Crippen LogP contribution in [0.1, 0.15) is 39.5 Å². The van der Waals surface area contributed by atoms with Crippen LogP contribution < -0.4 is 5.73 Å². The van der Waals surface area contributed by atoms with Crippen molar-refractivity contribution in [2.24, 2.45) is 17.6 Å². The molecule has 3 atom stereocenters. The number of aliphatic hydroxyl groups excluding tert-OH is 1. The maximum absolute atomic E-state index is 12.6. The molecule has 2 heterocycles. The summed E-state index contributed by atoms with van der Waals surface area (Å²) in [5.74, 6) is -0.170. The summed E-state index contributed by atoms with van der Waals surface area (Å²) in [6.45, 7) is 3.95. The predicted octanol–water partition coefficient (Wildman–Crippen LogP) is 1.06. The maximum Gasteiger partial charge on any atom is 0.233 e. The molecule has 18 heavy (non-hydrogen) atoms. The number of amides is 1. The molecular formula is C13H22N2O2S. The van der Waals surface area contributed by atoms with Crippen molar-refractivity contribution in [3.63, 3.8) is 0 Å². The quantitative estimate of drug-likeness (QED) is 0.753. The van der Waals surface area contributed by atoms with Crippen LogP contribution in [-0.4, -0.2) is 39.1 Å². The second-order valence-corrected chi connectivity index (χ2v) is 6.35. The number of aliphatic hydroxyl groups is 1. The van der Waals surface area contributed by atoms with Crippen LogP contribution in [0.5, 0.6) is 0 Å². The molecule has 0 saturated carbocycles. The van der Waals surface area contributed by atoms with Gasteiger partial charge in [-0.1, -0.05) is 26.1 Å². The molecule has 0 spiro atoms. The molecule has 3 N–H and O–H groups in total. The maximum atomic E-state index is 12.6.